The minimum atomic E-state index is -0.0163. The van der Waals surface area contributed by atoms with E-state index in [0.29, 0.717) is 5.56 Å². The van der Waals surface area contributed by atoms with E-state index in [4.69, 9.17) is 0 Å². The van der Waals surface area contributed by atoms with E-state index in [2.05, 4.69) is 0 Å². The maximum absolute atomic E-state index is 11.9. The number of aryl methyl sites for hydroxylation is 1. The fourth-order valence-electron chi connectivity index (χ4n) is 1.93. The topological polar surface area (TPSA) is 40.5 Å². The van der Waals surface area contributed by atoms with Crippen LogP contribution in [0.5, 0.6) is 5.75 Å². The molecule has 0 unspecified atom stereocenters. The third kappa shape index (κ3) is 2.76. The van der Waals surface area contributed by atoms with Crippen molar-refractivity contribution >= 4 is 5.91 Å². The second kappa shape index (κ2) is 5.14. The average Bonchev–Trinajstić information content (AvgIpc) is 2.41. The van der Waals surface area contributed by atoms with Gasteiger partial charge in [0, 0.05) is 19.7 Å². The molecule has 19 heavy (non-hydrogen) atoms. The van der Waals surface area contributed by atoms with Gasteiger partial charge in [0.1, 0.15) is 5.75 Å². The van der Waals surface area contributed by atoms with Crippen LogP contribution in [0.2, 0.25) is 0 Å². The zero-order chi connectivity index (χ0) is 14.0. The van der Waals surface area contributed by atoms with E-state index in [-0.39, 0.29) is 11.7 Å². The molecule has 0 aliphatic heterocycles. The van der Waals surface area contributed by atoms with Crippen LogP contribution in [0.25, 0.3) is 11.1 Å². The Morgan fingerprint density at radius 3 is 2.37 bits per heavy atom. The summed E-state index contributed by atoms with van der Waals surface area (Å²) in [6.07, 6.45) is 0. The summed E-state index contributed by atoms with van der Waals surface area (Å²) in [5.74, 6) is 0.265. The van der Waals surface area contributed by atoms with E-state index in [1.807, 2.05) is 37.3 Å². The van der Waals surface area contributed by atoms with Crippen LogP contribution in [-0.2, 0) is 0 Å². The van der Waals surface area contributed by atoms with E-state index in [1.54, 1.807) is 31.1 Å². The molecule has 3 heteroatoms. The highest BCUT2D eigenvalue weighted by molar-refractivity contribution is 5.95. The summed E-state index contributed by atoms with van der Waals surface area (Å²) >= 11 is 0. The Hall–Kier alpha value is -2.29. The lowest BCUT2D eigenvalue weighted by molar-refractivity contribution is 0.0827. The number of nitrogens with zero attached hydrogens (tertiary/aromatic N) is 1. The van der Waals surface area contributed by atoms with Crippen LogP contribution in [0.4, 0.5) is 0 Å². The molecule has 2 rings (SSSR count). The summed E-state index contributed by atoms with van der Waals surface area (Å²) in [6, 6.07) is 12.9. The molecular formula is C16H17NO2. The van der Waals surface area contributed by atoms with E-state index in [0.717, 1.165) is 16.7 Å². The van der Waals surface area contributed by atoms with Gasteiger partial charge in [-0.15, -0.1) is 0 Å². The summed E-state index contributed by atoms with van der Waals surface area (Å²) in [7, 11) is 3.47. The number of hydrogen-bond acceptors (Lipinski definition) is 2. The Bertz CT molecular complexity index is 618. The fourth-order valence-corrected chi connectivity index (χ4v) is 1.93. The van der Waals surface area contributed by atoms with Gasteiger partial charge in [0.2, 0.25) is 0 Å². The quantitative estimate of drug-likeness (QED) is 0.896. The Labute approximate surface area is 113 Å². The molecule has 0 aliphatic carbocycles. The first-order valence-corrected chi connectivity index (χ1v) is 6.11. The van der Waals surface area contributed by atoms with Crippen molar-refractivity contribution < 1.29 is 9.90 Å². The summed E-state index contributed by atoms with van der Waals surface area (Å²) in [5, 5.41) is 9.55. The van der Waals surface area contributed by atoms with E-state index in [9.17, 15) is 9.90 Å². The minimum Gasteiger partial charge on any atom is -0.508 e. The van der Waals surface area contributed by atoms with Crippen molar-refractivity contribution in [3.8, 4) is 16.9 Å². The highest BCUT2D eigenvalue weighted by Crippen LogP contribution is 2.26. The van der Waals surface area contributed by atoms with Crippen molar-refractivity contribution in [2.24, 2.45) is 0 Å². The maximum Gasteiger partial charge on any atom is 0.253 e. The van der Waals surface area contributed by atoms with Crippen molar-refractivity contribution in [1.29, 1.82) is 0 Å². The highest BCUT2D eigenvalue weighted by Gasteiger charge is 2.09. The lowest BCUT2D eigenvalue weighted by atomic mass is 10.0. The van der Waals surface area contributed by atoms with Crippen LogP contribution in [0.3, 0.4) is 0 Å². The van der Waals surface area contributed by atoms with Gasteiger partial charge in [-0.25, -0.2) is 0 Å². The Kier molecular flexibility index (Phi) is 3.56. The molecule has 98 valence electrons. The van der Waals surface area contributed by atoms with Crippen molar-refractivity contribution in [3.63, 3.8) is 0 Å². The third-order valence-electron chi connectivity index (χ3n) is 3.05. The second-order valence-corrected chi connectivity index (χ2v) is 4.78. The van der Waals surface area contributed by atoms with Gasteiger partial charge in [0.15, 0.2) is 0 Å². The van der Waals surface area contributed by atoms with E-state index >= 15 is 0 Å². The molecular weight excluding hydrogens is 238 g/mol. The van der Waals surface area contributed by atoms with Crippen LogP contribution >= 0.6 is 0 Å². The summed E-state index contributed by atoms with van der Waals surface area (Å²) in [4.78, 5) is 13.5. The smallest absolute Gasteiger partial charge is 0.253 e. The van der Waals surface area contributed by atoms with Gasteiger partial charge in [-0.1, -0.05) is 18.2 Å². The van der Waals surface area contributed by atoms with Crippen molar-refractivity contribution in [3.05, 3.63) is 53.6 Å². The van der Waals surface area contributed by atoms with Crippen LogP contribution in [0, 0.1) is 6.92 Å². The number of phenolic OH excluding ortho intramolecular Hbond substituents is 1. The molecule has 1 amide bonds. The number of hydrogen-bond donors (Lipinski definition) is 1. The molecule has 0 atom stereocenters. The maximum atomic E-state index is 11.9. The van der Waals surface area contributed by atoms with E-state index in [1.165, 1.54) is 0 Å². The summed E-state index contributed by atoms with van der Waals surface area (Å²) in [5.41, 5.74) is 3.44. The molecule has 0 spiro atoms. The molecule has 0 aliphatic rings. The molecule has 0 heterocycles. The molecule has 1 N–H and O–H groups in total. The molecule has 2 aromatic carbocycles. The summed E-state index contributed by atoms with van der Waals surface area (Å²) in [6.45, 7) is 1.85. The molecule has 0 saturated carbocycles. The average molecular weight is 255 g/mol. The van der Waals surface area contributed by atoms with Gasteiger partial charge in [-0.05, 0) is 47.9 Å². The SMILES string of the molecule is Cc1cc(-c2cccc(C(=O)N(C)C)c2)ccc1O. The predicted octanol–water partition coefficient (Wildman–Crippen LogP) is 3.07. The third-order valence-corrected chi connectivity index (χ3v) is 3.05. The van der Waals surface area contributed by atoms with Crippen LogP contribution in [0.15, 0.2) is 42.5 Å². The first kappa shape index (κ1) is 13.1. The molecule has 0 bridgehead atoms. The number of phenols is 1. The number of benzene rings is 2. The lowest BCUT2D eigenvalue weighted by Gasteiger charge is -2.11. The molecule has 0 fully saturated rings. The first-order valence-electron chi connectivity index (χ1n) is 6.11. The largest absolute Gasteiger partial charge is 0.508 e. The van der Waals surface area contributed by atoms with Crippen molar-refractivity contribution in [1.82, 2.24) is 4.90 Å². The molecule has 0 saturated heterocycles. The zero-order valence-electron chi connectivity index (χ0n) is 11.3. The predicted molar refractivity (Wildman–Crippen MR) is 76.3 cm³/mol. The Balaban J connectivity index is 2.43. The fraction of sp³-hybridized carbons (Fsp3) is 0.188. The van der Waals surface area contributed by atoms with Crippen LogP contribution < -0.4 is 0 Å². The highest BCUT2D eigenvalue weighted by atomic mass is 16.3. The number of aromatic hydroxyl groups is 1. The van der Waals surface area contributed by atoms with Crippen LogP contribution in [0.1, 0.15) is 15.9 Å². The normalized spacial score (nSPS) is 10.3. The second-order valence-electron chi connectivity index (χ2n) is 4.78. The Morgan fingerprint density at radius 1 is 1.05 bits per heavy atom. The van der Waals surface area contributed by atoms with Crippen molar-refractivity contribution in [2.45, 2.75) is 6.92 Å². The zero-order valence-corrected chi connectivity index (χ0v) is 11.3. The van der Waals surface area contributed by atoms with Gasteiger partial charge in [0.05, 0.1) is 0 Å². The molecule has 0 radical (unpaired) electrons. The van der Waals surface area contributed by atoms with E-state index < -0.39 is 0 Å². The molecule has 3 nitrogen and oxygen atoms in total. The number of amides is 1. The van der Waals surface area contributed by atoms with Gasteiger partial charge in [-0.2, -0.15) is 0 Å². The molecule has 2 aromatic rings. The number of carbonyl (C=O) groups is 1. The summed E-state index contributed by atoms with van der Waals surface area (Å²) < 4.78 is 0. The first-order chi connectivity index (χ1) is 8.99. The van der Waals surface area contributed by atoms with Gasteiger partial charge < -0.3 is 10.0 Å². The minimum absolute atomic E-state index is 0.0163. The standard InChI is InChI=1S/C16H17NO2/c1-11-9-13(7-8-15(11)18)12-5-4-6-14(10-12)16(19)17(2)3/h4-10,18H,1-3H3. The van der Waals surface area contributed by atoms with Crippen molar-refractivity contribution in [2.75, 3.05) is 14.1 Å². The van der Waals surface area contributed by atoms with Gasteiger partial charge in [-0.3, -0.25) is 4.79 Å². The number of rotatable bonds is 2. The van der Waals surface area contributed by atoms with Crippen LogP contribution in [-0.4, -0.2) is 30.0 Å². The monoisotopic (exact) mass is 255 g/mol. The Morgan fingerprint density at radius 2 is 1.74 bits per heavy atom. The lowest BCUT2D eigenvalue weighted by Crippen LogP contribution is -2.21. The molecule has 0 aromatic heterocycles. The van der Waals surface area contributed by atoms with Gasteiger partial charge in [0.25, 0.3) is 5.91 Å². The number of carbonyl (C=O) groups excluding carboxylic acids is 1. The van der Waals surface area contributed by atoms with Gasteiger partial charge >= 0.3 is 0 Å².